The molecule has 0 unspecified atom stereocenters. The molecule has 2 rings (SSSR count). The highest BCUT2D eigenvalue weighted by Gasteiger charge is 2.13. The average molecular weight is 297 g/mol. The van der Waals surface area contributed by atoms with Gasteiger partial charge in [-0.05, 0) is 22.2 Å². The molecule has 0 N–H and O–H groups in total. The Kier molecular flexibility index (Phi) is 2.68. The average Bonchev–Trinajstić information content (AvgIpc) is 2.42. The smallest absolute Gasteiger partial charge is 0.208 e. The summed E-state index contributed by atoms with van der Waals surface area (Å²) in [5, 5.41) is 4.69. The predicted octanol–water partition coefficient (Wildman–Crippen LogP) is 3.01. The SMILES string of the molecule is CSc1nc(Cl)c2c(F)cc(Br)n2n1. The minimum Gasteiger partial charge on any atom is -0.218 e. The third-order valence-electron chi connectivity index (χ3n) is 1.64. The van der Waals surface area contributed by atoms with Crippen LogP contribution in [0.25, 0.3) is 5.52 Å². The maximum Gasteiger partial charge on any atom is 0.208 e. The molecule has 0 bridgehead atoms. The Hall–Kier alpha value is -0.330. The van der Waals surface area contributed by atoms with Gasteiger partial charge in [-0.1, -0.05) is 23.4 Å². The van der Waals surface area contributed by atoms with E-state index in [1.807, 2.05) is 6.26 Å². The largest absolute Gasteiger partial charge is 0.218 e. The predicted molar refractivity (Wildman–Crippen MR) is 57.4 cm³/mol. The zero-order chi connectivity index (χ0) is 10.3. The van der Waals surface area contributed by atoms with Gasteiger partial charge in [0.2, 0.25) is 5.16 Å². The van der Waals surface area contributed by atoms with E-state index in [0.29, 0.717) is 9.76 Å². The molecule has 74 valence electrons. The Bertz CT molecular complexity index is 501. The Labute approximate surface area is 96.8 Å². The van der Waals surface area contributed by atoms with Crippen molar-refractivity contribution in [3.8, 4) is 0 Å². The number of aromatic nitrogens is 3. The highest BCUT2D eigenvalue weighted by molar-refractivity contribution is 9.10. The van der Waals surface area contributed by atoms with Crippen molar-refractivity contribution < 1.29 is 4.39 Å². The van der Waals surface area contributed by atoms with Gasteiger partial charge in [-0.15, -0.1) is 5.10 Å². The van der Waals surface area contributed by atoms with E-state index in [4.69, 9.17) is 11.6 Å². The van der Waals surface area contributed by atoms with Crippen LogP contribution in [-0.4, -0.2) is 20.9 Å². The number of thioether (sulfide) groups is 1. The normalized spacial score (nSPS) is 11.1. The van der Waals surface area contributed by atoms with Crippen molar-refractivity contribution in [2.45, 2.75) is 5.16 Å². The van der Waals surface area contributed by atoms with Crippen molar-refractivity contribution in [1.82, 2.24) is 14.6 Å². The van der Waals surface area contributed by atoms with Crippen LogP contribution in [0.3, 0.4) is 0 Å². The van der Waals surface area contributed by atoms with Crippen molar-refractivity contribution in [1.29, 1.82) is 0 Å². The van der Waals surface area contributed by atoms with E-state index in [0.717, 1.165) is 0 Å². The summed E-state index contributed by atoms with van der Waals surface area (Å²) >= 11 is 10.3. The monoisotopic (exact) mass is 295 g/mol. The van der Waals surface area contributed by atoms with Crippen molar-refractivity contribution in [3.05, 3.63) is 21.6 Å². The van der Waals surface area contributed by atoms with Gasteiger partial charge in [0.15, 0.2) is 11.0 Å². The number of hydrogen-bond donors (Lipinski definition) is 0. The molecule has 7 heteroatoms. The summed E-state index contributed by atoms with van der Waals surface area (Å²) in [4.78, 5) is 3.93. The van der Waals surface area contributed by atoms with Gasteiger partial charge in [0.25, 0.3) is 0 Å². The van der Waals surface area contributed by atoms with Gasteiger partial charge in [-0.25, -0.2) is 13.9 Å². The summed E-state index contributed by atoms with van der Waals surface area (Å²) < 4.78 is 15.2. The van der Waals surface area contributed by atoms with Crippen LogP contribution >= 0.6 is 39.3 Å². The third-order valence-corrected chi connectivity index (χ3v) is 3.01. The molecule has 0 radical (unpaired) electrons. The lowest BCUT2D eigenvalue weighted by atomic mass is 10.5. The fourth-order valence-corrected chi connectivity index (χ4v) is 2.16. The van der Waals surface area contributed by atoms with E-state index in [9.17, 15) is 4.39 Å². The van der Waals surface area contributed by atoms with Gasteiger partial charge < -0.3 is 0 Å². The van der Waals surface area contributed by atoms with E-state index in [2.05, 4.69) is 26.0 Å². The number of rotatable bonds is 1. The van der Waals surface area contributed by atoms with E-state index in [1.165, 1.54) is 22.3 Å². The van der Waals surface area contributed by atoms with Gasteiger partial charge in [-0.2, -0.15) is 0 Å². The van der Waals surface area contributed by atoms with Crippen molar-refractivity contribution in [2.24, 2.45) is 0 Å². The van der Waals surface area contributed by atoms with Crippen LogP contribution in [0.5, 0.6) is 0 Å². The number of halogens is 3. The van der Waals surface area contributed by atoms with Crippen LogP contribution in [0.2, 0.25) is 5.15 Å². The highest BCUT2D eigenvalue weighted by atomic mass is 79.9. The molecule has 2 heterocycles. The second kappa shape index (κ2) is 3.67. The second-order valence-corrected chi connectivity index (χ2v) is 4.41. The topological polar surface area (TPSA) is 30.2 Å². The summed E-state index contributed by atoms with van der Waals surface area (Å²) in [5.41, 5.74) is 0.191. The van der Waals surface area contributed by atoms with E-state index < -0.39 is 5.82 Å². The molecule has 2 aromatic heterocycles. The van der Waals surface area contributed by atoms with E-state index in [-0.39, 0.29) is 10.7 Å². The van der Waals surface area contributed by atoms with Crippen LogP contribution < -0.4 is 0 Å². The standard InChI is InChI=1S/C7H4BrClFN3S/c1-14-7-11-6(9)5-3(10)2-4(8)13(5)12-7/h2H,1H3. The summed E-state index contributed by atoms with van der Waals surface area (Å²) in [5.74, 6) is -0.436. The van der Waals surface area contributed by atoms with E-state index >= 15 is 0 Å². The molecule has 0 aromatic carbocycles. The fourth-order valence-electron chi connectivity index (χ4n) is 1.06. The highest BCUT2D eigenvalue weighted by Crippen LogP contribution is 2.25. The van der Waals surface area contributed by atoms with Gasteiger partial charge in [-0.3, -0.25) is 0 Å². The van der Waals surface area contributed by atoms with E-state index in [1.54, 1.807) is 0 Å². The van der Waals surface area contributed by atoms with Gasteiger partial charge in [0.1, 0.15) is 10.1 Å². The van der Waals surface area contributed by atoms with Crippen LogP contribution in [0.1, 0.15) is 0 Å². The Morgan fingerprint density at radius 1 is 1.64 bits per heavy atom. The number of nitrogens with zero attached hydrogens (tertiary/aromatic N) is 3. The first kappa shape index (κ1) is 10.2. The first-order valence-electron chi connectivity index (χ1n) is 3.57. The summed E-state index contributed by atoms with van der Waals surface area (Å²) in [7, 11) is 0. The molecule has 3 nitrogen and oxygen atoms in total. The zero-order valence-corrected chi connectivity index (χ0v) is 10.1. The van der Waals surface area contributed by atoms with Gasteiger partial charge >= 0.3 is 0 Å². The molecule has 0 spiro atoms. The molecule has 0 aliphatic carbocycles. The first-order valence-corrected chi connectivity index (χ1v) is 5.97. The molecule has 0 aliphatic rings. The molecule has 0 saturated carbocycles. The molecule has 0 atom stereocenters. The summed E-state index contributed by atoms with van der Waals surface area (Å²) in [6.07, 6.45) is 1.82. The van der Waals surface area contributed by atoms with Crippen molar-refractivity contribution in [2.75, 3.05) is 6.26 Å². The summed E-state index contributed by atoms with van der Waals surface area (Å²) in [6.45, 7) is 0. The lowest BCUT2D eigenvalue weighted by molar-refractivity contribution is 0.636. The van der Waals surface area contributed by atoms with Crippen molar-refractivity contribution >= 4 is 44.8 Å². The Morgan fingerprint density at radius 2 is 2.36 bits per heavy atom. The molecule has 0 fully saturated rings. The Morgan fingerprint density at radius 3 is 3.00 bits per heavy atom. The maximum absolute atomic E-state index is 13.3. The van der Waals surface area contributed by atoms with Crippen LogP contribution in [0.4, 0.5) is 4.39 Å². The van der Waals surface area contributed by atoms with Crippen LogP contribution in [0.15, 0.2) is 15.8 Å². The lowest BCUT2D eigenvalue weighted by Crippen LogP contribution is -1.98. The summed E-state index contributed by atoms with van der Waals surface area (Å²) in [6, 6.07) is 1.31. The molecule has 0 saturated heterocycles. The second-order valence-electron chi connectivity index (χ2n) is 2.46. The maximum atomic E-state index is 13.3. The molecular formula is C7H4BrClFN3S. The fraction of sp³-hybridized carbons (Fsp3) is 0.143. The number of fused-ring (bicyclic) bond motifs is 1. The quantitative estimate of drug-likeness (QED) is 0.758. The molecule has 2 aromatic rings. The van der Waals surface area contributed by atoms with Crippen LogP contribution in [0, 0.1) is 5.82 Å². The lowest BCUT2D eigenvalue weighted by Gasteiger charge is -2.00. The molecule has 0 aliphatic heterocycles. The zero-order valence-electron chi connectivity index (χ0n) is 6.96. The minimum absolute atomic E-state index is 0.118. The number of hydrogen-bond acceptors (Lipinski definition) is 3. The third kappa shape index (κ3) is 1.51. The van der Waals surface area contributed by atoms with Crippen LogP contribution in [-0.2, 0) is 0 Å². The minimum atomic E-state index is -0.436. The molecular weight excluding hydrogens is 293 g/mol. The Balaban J connectivity index is 2.86. The first-order chi connectivity index (χ1) is 6.63. The van der Waals surface area contributed by atoms with Gasteiger partial charge in [0, 0.05) is 6.07 Å². The molecule has 14 heavy (non-hydrogen) atoms. The van der Waals surface area contributed by atoms with Gasteiger partial charge in [0.05, 0.1) is 0 Å². The molecule has 0 amide bonds. The van der Waals surface area contributed by atoms with Crippen molar-refractivity contribution in [3.63, 3.8) is 0 Å².